The van der Waals surface area contributed by atoms with E-state index in [1.807, 2.05) is 0 Å². The van der Waals surface area contributed by atoms with E-state index in [-0.39, 0.29) is 72.3 Å². The van der Waals surface area contributed by atoms with Crippen LogP contribution in [0.3, 0.4) is 0 Å². The van der Waals surface area contributed by atoms with Gasteiger partial charge in [0.05, 0.1) is 26.4 Å². The number of phosphoric acid groups is 2. The molecule has 2 unspecified atom stereocenters. The van der Waals surface area contributed by atoms with Crippen molar-refractivity contribution in [3.63, 3.8) is 0 Å². The third-order valence-electron chi connectivity index (χ3n) is 8.08. The van der Waals surface area contributed by atoms with Crippen molar-refractivity contribution in [1.29, 1.82) is 0 Å². The third kappa shape index (κ3) is 42.4. The average molecular weight is 715 g/mol. The molecule has 0 aliphatic heterocycles. The molecule has 0 rings (SSSR count). The van der Waals surface area contributed by atoms with Crippen LogP contribution in [0.15, 0.2) is 0 Å². The summed E-state index contributed by atoms with van der Waals surface area (Å²) in [6.45, 7) is 3.77. The van der Waals surface area contributed by atoms with Crippen molar-refractivity contribution in [2.24, 2.45) is 0 Å². The zero-order valence-corrected chi connectivity index (χ0v) is 36.6. The number of unbranched alkanes of at least 4 members (excludes halogenated alkanes) is 26. The average Bonchev–Trinajstić information content (AvgIpc) is 2.99. The molecule has 0 aromatic rings. The van der Waals surface area contributed by atoms with Gasteiger partial charge in [0.1, 0.15) is 0 Å². The Morgan fingerprint density at radius 3 is 0.717 bits per heavy atom. The van der Waals surface area contributed by atoms with Gasteiger partial charge in [0.25, 0.3) is 15.6 Å². The standard InChI is InChI=1S/C34H72O8P2.2Na/c1-3-5-7-9-11-13-15-17-19-21-23-25-27-29-31-39-43(35,36)41-33-34-42-44(37,38)40-32-30-28-26-24-22-20-18-16-14-12-10-8-6-4-2;;/h3-34H2,1-2H3,(H,35,36)(H,37,38);;/q;2*+1/p-2. The van der Waals surface area contributed by atoms with Crippen LogP contribution in [0.25, 0.3) is 0 Å². The maximum atomic E-state index is 11.9. The quantitative estimate of drug-likeness (QED) is 0.0504. The van der Waals surface area contributed by atoms with Crippen LogP contribution < -0.4 is 68.9 Å². The SMILES string of the molecule is CCCCCCCCCCCCCCCCOP(=O)([O-])OCCOP(=O)([O-])OCCCCCCCCCCCCCCCC.[Na+].[Na+]. The number of phosphoric ester groups is 2. The molecule has 0 saturated heterocycles. The summed E-state index contributed by atoms with van der Waals surface area (Å²) < 4.78 is 42.9. The summed E-state index contributed by atoms with van der Waals surface area (Å²) in [4.78, 5) is 23.7. The minimum absolute atomic E-state index is 0. The predicted octanol–water partition coefficient (Wildman–Crippen LogP) is 4.96. The molecule has 0 aliphatic carbocycles. The molecule has 0 N–H and O–H groups in total. The van der Waals surface area contributed by atoms with Gasteiger partial charge in [-0.2, -0.15) is 0 Å². The fourth-order valence-electron chi connectivity index (χ4n) is 5.32. The molecule has 0 aromatic carbocycles. The van der Waals surface area contributed by atoms with E-state index in [4.69, 9.17) is 18.1 Å². The van der Waals surface area contributed by atoms with Crippen molar-refractivity contribution < 1.29 is 96.1 Å². The minimum atomic E-state index is -4.48. The maximum Gasteiger partial charge on any atom is 1.00 e. The number of hydrogen-bond acceptors (Lipinski definition) is 8. The molecule has 0 amide bonds. The summed E-state index contributed by atoms with van der Waals surface area (Å²) in [5, 5.41) is 0. The zero-order chi connectivity index (χ0) is 32.5. The summed E-state index contributed by atoms with van der Waals surface area (Å²) in [6.07, 6.45) is 34.2. The zero-order valence-electron chi connectivity index (χ0n) is 30.8. The minimum Gasteiger partial charge on any atom is -0.756 e. The topological polar surface area (TPSA) is 117 Å². The van der Waals surface area contributed by atoms with Gasteiger partial charge in [0, 0.05) is 0 Å². The molecule has 0 aliphatic rings. The van der Waals surface area contributed by atoms with E-state index in [2.05, 4.69) is 13.8 Å². The molecule has 0 spiro atoms. The van der Waals surface area contributed by atoms with Crippen molar-refractivity contribution in [2.45, 2.75) is 194 Å². The Balaban J connectivity index is -0.00000924. The first-order valence-corrected chi connectivity index (χ1v) is 21.5. The van der Waals surface area contributed by atoms with Gasteiger partial charge in [-0.05, 0) is 12.8 Å². The fourth-order valence-corrected chi connectivity index (χ4v) is 6.77. The summed E-state index contributed by atoms with van der Waals surface area (Å²) >= 11 is 0. The van der Waals surface area contributed by atoms with E-state index in [1.54, 1.807) is 0 Å². The summed E-state index contributed by atoms with van der Waals surface area (Å²) in [5.74, 6) is 0. The van der Waals surface area contributed by atoms with E-state index < -0.39 is 28.9 Å². The van der Waals surface area contributed by atoms with E-state index >= 15 is 0 Å². The molecule has 8 nitrogen and oxygen atoms in total. The molecule has 0 radical (unpaired) electrons. The second-order valence-electron chi connectivity index (χ2n) is 12.4. The Kier molecular flexibility index (Phi) is 45.7. The normalized spacial score (nSPS) is 13.9. The summed E-state index contributed by atoms with van der Waals surface area (Å²) in [5.41, 5.74) is 0. The molecule has 12 heteroatoms. The van der Waals surface area contributed by atoms with Crippen LogP contribution in [0.5, 0.6) is 0 Å². The third-order valence-corrected chi connectivity index (χ3v) is 10.1. The first kappa shape index (κ1) is 52.6. The van der Waals surface area contributed by atoms with Gasteiger partial charge < -0.3 is 27.9 Å². The van der Waals surface area contributed by atoms with Gasteiger partial charge >= 0.3 is 59.1 Å². The first-order valence-electron chi connectivity index (χ1n) is 18.5. The first-order chi connectivity index (χ1) is 21.3. The van der Waals surface area contributed by atoms with E-state index in [0.29, 0.717) is 12.8 Å². The maximum absolute atomic E-state index is 11.9. The van der Waals surface area contributed by atoms with Crippen LogP contribution in [0.1, 0.15) is 194 Å². The fraction of sp³-hybridized carbons (Fsp3) is 1.00. The molecule has 0 saturated carbocycles. The Morgan fingerprint density at radius 2 is 0.500 bits per heavy atom. The van der Waals surface area contributed by atoms with Crippen LogP contribution in [0, 0.1) is 0 Å². The van der Waals surface area contributed by atoms with Crippen LogP contribution in [-0.2, 0) is 27.2 Å². The van der Waals surface area contributed by atoms with Crippen LogP contribution >= 0.6 is 15.6 Å². The van der Waals surface area contributed by atoms with E-state index in [9.17, 15) is 18.9 Å². The molecule has 2 atom stereocenters. The van der Waals surface area contributed by atoms with E-state index in [0.717, 1.165) is 38.5 Å². The van der Waals surface area contributed by atoms with Crippen LogP contribution in [0.4, 0.5) is 0 Å². The smallest absolute Gasteiger partial charge is 0.756 e. The van der Waals surface area contributed by atoms with E-state index in [1.165, 1.54) is 128 Å². The second-order valence-corrected chi connectivity index (χ2v) is 15.2. The molecular formula is C34H70Na2O8P2. The second kappa shape index (κ2) is 40.0. The van der Waals surface area contributed by atoms with Gasteiger partial charge in [-0.3, -0.25) is 9.13 Å². The number of hydrogen-bond donors (Lipinski definition) is 0. The van der Waals surface area contributed by atoms with Crippen molar-refractivity contribution >= 4 is 15.6 Å². The largest absolute Gasteiger partial charge is 1.00 e. The predicted molar refractivity (Wildman–Crippen MR) is 180 cm³/mol. The molecular weight excluding hydrogens is 644 g/mol. The Labute approximate surface area is 329 Å². The van der Waals surface area contributed by atoms with Gasteiger partial charge in [-0.25, -0.2) is 0 Å². The van der Waals surface area contributed by atoms with Crippen molar-refractivity contribution in [2.75, 3.05) is 26.4 Å². The van der Waals surface area contributed by atoms with Crippen molar-refractivity contribution in [1.82, 2.24) is 0 Å². The summed E-state index contributed by atoms with van der Waals surface area (Å²) in [7, 11) is -8.95. The van der Waals surface area contributed by atoms with Crippen LogP contribution in [0.2, 0.25) is 0 Å². The molecule has 0 fully saturated rings. The van der Waals surface area contributed by atoms with Crippen molar-refractivity contribution in [3.05, 3.63) is 0 Å². The Bertz CT molecular complexity index is 636. The monoisotopic (exact) mass is 714 g/mol. The van der Waals surface area contributed by atoms with Gasteiger partial charge in [-0.1, -0.05) is 181 Å². The molecule has 0 bridgehead atoms. The Morgan fingerprint density at radius 1 is 0.326 bits per heavy atom. The molecule has 266 valence electrons. The number of rotatable bonds is 37. The van der Waals surface area contributed by atoms with Crippen molar-refractivity contribution in [3.8, 4) is 0 Å². The molecule has 0 aromatic heterocycles. The van der Waals surface area contributed by atoms with Gasteiger partial charge in [0.2, 0.25) is 0 Å². The van der Waals surface area contributed by atoms with Gasteiger partial charge in [0.15, 0.2) is 0 Å². The molecule has 0 heterocycles. The summed E-state index contributed by atoms with van der Waals surface area (Å²) in [6, 6.07) is 0. The van der Waals surface area contributed by atoms with Crippen LogP contribution in [-0.4, -0.2) is 26.4 Å². The van der Waals surface area contributed by atoms with Gasteiger partial charge in [-0.15, -0.1) is 0 Å². The molecule has 46 heavy (non-hydrogen) atoms. The Hall–Kier alpha value is 2.22.